The monoisotopic (exact) mass is 243 g/mol. The van der Waals surface area contributed by atoms with Crippen molar-refractivity contribution in [1.82, 2.24) is 0 Å². The summed E-state index contributed by atoms with van der Waals surface area (Å²) in [7, 11) is 0. The van der Waals surface area contributed by atoms with Gasteiger partial charge in [0.1, 0.15) is 0 Å². The molecule has 0 aliphatic heterocycles. The van der Waals surface area contributed by atoms with Crippen LogP contribution >= 0.6 is 0 Å². The first-order valence-corrected chi connectivity index (χ1v) is 5.02. The Bertz CT molecular complexity index is 44.5. The third kappa shape index (κ3) is 13.7. The van der Waals surface area contributed by atoms with Crippen LogP contribution in [0.2, 0.25) is 0 Å². The maximum absolute atomic E-state index is 3.68. The SMILES string of the molecule is [CH-]1CCCCC1.[CH2-]CCCC.[Y]. The molecule has 0 aromatic heterocycles. The number of hydrogen-bond donors (Lipinski definition) is 0. The molecule has 0 nitrogen and oxygen atoms in total. The molecule has 0 N–H and O–H groups in total. The summed E-state index contributed by atoms with van der Waals surface area (Å²) < 4.78 is 0. The third-order valence-electron chi connectivity index (χ3n) is 1.92. The van der Waals surface area contributed by atoms with E-state index in [0.29, 0.717) is 0 Å². The van der Waals surface area contributed by atoms with Crippen molar-refractivity contribution >= 4 is 0 Å². The molecule has 1 aliphatic rings. The standard InChI is InChI=1S/C6H11.C5H11.Y/c1-2-4-6-5-3-1;1-3-5-4-2;/h1H,2-6H2;1,3-5H2,2H3;/q2*-1;. The molecule has 0 unspecified atom stereocenters. The number of unbranched alkanes of at least 4 members (excludes halogenated alkanes) is 2. The van der Waals surface area contributed by atoms with Crippen molar-refractivity contribution in [3.63, 3.8) is 0 Å². The van der Waals surface area contributed by atoms with Crippen LogP contribution in [0.3, 0.4) is 0 Å². The Balaban J connectivity index is 0. The van der Waals surface area contributed by atoms with Crippen molar-refractivity contribution in [1.29, 1.82) is 0 Å². The van der Waals surface area contributed by atoms with Gasteiger partial charge in [0.05, 0.1) is 0 Å². The predicted molar refractivity (Wildman–Crippen MR) is 52.3 cm³/mol. The van der Waals surface area contributed by atoms with E-state index in [2.05, 4.69) is 20.3 Å². The summed E-state index contributed by atoms with van der Waals surface area (Å²) >= 11 is 0. The third-order valence-corrected chi connectivity index (χ3v) is 1.92. The quantitative estimate of drug-likeness (QED) is 0.639. The van der Waals surface area contributed by atoms with E-state index in [4.69, 9.17) is 0 Å². The molecule has 0 bridgehead atoms. The molecule has 1 aliphatic carbocycles. The Morgan fingerprint density at radius 3 is 1.83 bits per heavy atom. The molecule has 0 aromatic rings. The van der Waals surface area contributed by atoms with Crippen LogP contribution in [0.25, 0.3) is 0 Å². The molecule has 1 heteroatoms. The molecule has 0 atom stereocenters. The zero-order valence-corrected chi connectivity index (χ0v) is 11.4. The van der Waals surface area contributed by atoms with Crippen LogP contribution in [-0.2, 0) is 32.7 Å². The first-order valence-electron chi connectivity index (χ1n) is 5.02. The Hall–Kier alpha value is 1.10. The van der Waals surface area contributed by atoms with Crippen LogP contribution in [0.15, 0.2) is 0 Å². The van der Waals surface area contributed by atoms with Gasteiger partial charge in [-0.15, -0.1) is 0 Å². The Morgan fingerprint density at radius 1 is 1.17 bits per heavy atom. The molecule has 0 aromatic carbocycles. The van der Waals surface area contributed by atoms with Gasteiger partial charge in [0, 0.05) is 32.7 Å². The van der Waals surface area contributed by atoms with Gasteiger partial charge in [0.25, 0.3) is 0 Å². The minimum absolute atomic E-state index is 0. The molecule has 1 radical (unpaired) electrons. The molecule has 1 saturated carbocycles. The van der Waals surface area contributed by atoms with E-state index >= 15 is 0 Å². The second kappa shape index (κ2) is 14.6. The second-order valence-electron chi connectivity index (χ2n) is 3.13. The minimum Gasteiger partial charge on any atom is -0.343 e. The van der Waals surface area contributed by atoms with Gasteiger partial charge in [-0.05, 0) is 0 Å². The van der Waals surface area contributed by atoms with Gasteiger partial charge in [-0.1, -0.05) is 39.0 Å². The summed E-state index contributed by atoms with van der Waals surface area (Å²) in [5.74, 6) is 0. The second-order valence-corrected chi connectivity index (χ2v) is 3.13. The fourth-order valence-electron chi connectivity index (χ4n) is 1.15. The smallest absolute Gasteiger partial charge is 0 e. The average Bonchev–Trinajstić information content (AvgIpc) is 2.10. The first kappa shape index (κ1) is 15.6. The van der Waals surface area contributed by atoms with E-state index in [0.717, 1.165) is 6.42 Å². The van der Waals surface area contributed by atoms with Crippen LogP contribution in [-0.4, -0.2) is 0 Å². The van der Waals surface area contributed by atoms with Crippen LogP contribution in [0.4, 0.5) is 0 Å². The van der Waals surface area contributed by atoms with Gasteiger partial charge < -0.3 is 13.3 Å². The summed E-state index contributed by atoms with van der Waals surface area (Å²) in [4.78, 5) is 0. The van der Waals surface area contributed by atoms with Crippen molar-refractivity contribution < 1.29 is 32.7 Å². The van der Waals surface area contributed by atoms with E-state index < -0.39 is 0 Å². The van der Waals surface area contributed by atoms with Crippen LogP contribution in [0.5, 0.6) is 0 Å². The largest absolute Gasteiger partial charge is 0.343 e. The summed E-state index contributed by atoms with van der Waals surface area (Å²) in [5.41, 5.74) is 0. The molecule has 0 heterocycles. The van der Waals surface area contributed by atoms with Crippen LogP contribution < -0.4 is 0 Å². The molecular formula is C11H22Y-2. The van der Waals surface area contributed by atoms with Crippen molar-refractivity contribution in [2.75, 3.05) is 0 Å². The zero-order valence-electron chi connectivity index (χ0n) is 8.52. The van der Waals surface area contributed by atoms with Crippen LogP contribution in [0.1, 0.15) is 58.3 Å². The summed E-state index contributed by atoms with van der Waals surface area (Å²) in [6, 6.07) is 0. The number of hydrogen-bond acceptors (Lipinski definition) is 0. The van der Waals surface area contributed by atoms with Gasteiger partial charge in [-0.2, -0.15) is 19.3 Å². The predicted octanol–water partition coefficient (Wildman–Crippen LogP) is 4.16. The maximum atomic E-state index is 3.68. The summed E-state index contributed by atoms with van der Waals surface area (Å²) in [6.45, 7) is 5.85. The van der Waals surface area contributed by atoms with Crippen LogP contribution in [0, 0.1) is 13.3 Å². The first-order chi connectivity index (χ1) is 5.41. The molecule has 12 heavy (non-hydrogen) atoms. The van der Waals surface area contributed by atoms with E-state index in [-0.39, 0.29) is 32.7 Å². The summed E-state index contributed by atoms with van der Waals surface area (Å²) in [6.07, 6.45) is 13.2. The van der Waals surface area contributed by atoms with E-state index in [1.54, 1.807) is 0 Å². The molecule has 0 amide bonds. The van der Waals surface area contributed by atoms with E-state index in [9.17, 15) is 0 Å². The van der Waals surface area contributed by atoms with Gasteiger partial charge in [0.2, 0.25) is 0 Å². The van der Waals surface area contributed by atoms with E-state index in [1.165, 1.54) is 44.9 Å². The van der Waals surface area contributed by atoms with Gasteiger partial charge in [-0.3, -0.25) is 0 Å². The summed E-state index contributed by atoms with van der Waals surface area (Å²) in [5, 5.41) is 0. The van der Waals surface area contributed by atoms with E-state index in [1.807, 2.05) is 0 Å². The van der Waals surface area contributed by atoms with Gasteiger partial charge >= 0.3 is 0 Å². The van der Waals surface area contributed by atoms with Crippen molar-refractivity contribution in [2.24, 2.45) is 0 Å². The van der Waals surface area contributed by atoms with Gasteiger partial charge in [0.15, 0.2) is 0 Å². The molecular weight excluding hydrogens is 221 g/mol. The fourth-order valence-corrected chi connectivity index (χ4v) is 1.15. The zero-order chi connectivity index (χ0) is 8.36. The molecule has 0 saturated heterocycles. The Kier molecular flexibility index (Phi) is 19.0. The fraction of sp³-hybridized carbons (Fsp3) is 0.818. The molecule has 71 valence electrons. The molecule has 0 spiro atoms. The van der Waals surface area contributed by atoms with Crippen molar-refractivity contribution in [2.45, 2.75) is 58.3 Å². The van der Waals surface area contributed by atoms with Crippen molar-refractivity contribution in [3.05, 3.63) is 13.3 Å². The Labute approximate surface area is 104 Å². The average molecular weight is 243 g/mol. The minimum atomic E-state index is 0. The molecule has 1 fully saturated rings. The van der Waals surface area contributed by atoms with Gasteiger partial charge in [-0.25, -0.2) is 0 Å². The topological polar surface area (TPSA) is 0 Å². The van der Waals surface area contributed by atoms with Crippen molar-refractivity contribution in [3.8, 4) is 0 Å². The number of rotatable bonds is 2. The Morgan fingerprint density at radius 2 is 1.75 bits per heavy atom. The maximum Gasteiger partial charge on any atom is 0 e. The normalized spacial score (nSPS) is 15.5. The molecule has 1 rings (SSSR count).